The van der Waals surface area contributed by atoms with E-state index in [9.17, 15) is 4.79 Å². The Hall–Kier alpha value is -1.39. The SMILES string of the molecule is Cc1nc(NC(=O)C2CCC3CCCCC3C2)n[nH]1. The van der Waals surface area contributed by atoms with Gasteiger partial charge in [0.05, 0.1) is 0 Å². The fraction of sp³-hybridized carbons (Fsp3) is 0.786. The third kappa shape index (κ3) is 2.80. The maximum absolute atomic E-state index is 12.2. The minimum Gasteiger partial charge on any atom is -0.293 e. The van der Waals surface area contributed by atoms with Gasteiger partial charge in [0.15, 0.2) is 0 Å². The van der Waals surface area contributed by atoms with Gasteiger partial charge in [-0.15, -0.1) is 5.10 Å². The Morgan fingerprint density at radius 1 is 1.21 bits per heavy atom. The predicted molar refractivity (Wildman–Crippen MR) is 72.5 cm³/mol. The summed E-state index contributed by atoms with van der Waals surface area (Å²) in [6.07, 6.45) is 8.71. The molecule has 3 atom stereocenters. The molecule has 0 aliphatic heterocycles. The summed E-state index contributed by atoms with van der Waals surface area (Å²) in [5.74, 6) is 3.04. The van der Waals surface area contributed by atoms with Crippen LogP contribution in [-0.4, -0.2) is 21.1 Å². The van der Waals surface area contributed by atoms with Crippen LogP contribution in [0.5, 0.6) is 0 Å². The Kier molecular flexibility index (Phi) is 3.53. The zero-order valence-electron chi connectivity index (χ0n) is 11.5. The van der Waals surface area contributed by atoms with Gasteiger partial charge in [-0.1, -0.05) is 25.7 Å². The number of aromatic amines is 1. The Labute approximate surface area is 113 Å². The zero-order chi connectivity index (χ0) is 13.2. The average Bonchev–Trinajstić information content (AvgIpc) is 2.83. The number of aryl methyl sites for hydroxylation is 1. The quantitative estimate of drug-likeness (QED) is 0.860. The van der Waals surface area contributed by atoms with Gasteiger partial charge in [-0.2, -0.15) is 4.98 Å². The minimum absolute atomic E-state index is 0.100. The smallest absolute Gasteiger partial charge is 0.248 e. The van der Waals surface area contributed by atoms with Crippen molar-refractivity contribution < 1.29 is 4.79 Å². The molecule has 1 aromatic rings. The number of rotatable bonds is 2. The molecule has 3 unspecified atom stereocenters. The van der Waals surface area contributed by atoms with E-state index in [0.29, 0.717) is 5.95 Å². The second kappa shape index (κ2) is 5.31. The van der Waals surface area contributed by atoms with E-state index in [1.54, 1.807) is 0 Å². The summed E-state index contributed by atoms with van der Waals surface area (Å²) in [6, 6.07) is 0. The van der Waals surface area contributed by atoms with Gasteiger partial charge in [-0.3, -0.25) is 15.2 Å². The topological polar surface area (TPSA) is 70.7 Å². The first-order valence-corrected chi connectivity index (χ1v) is 7.42. The molecule has 2 N–H and O–H groups in total. The van der Waals surface area contributed by atoms with Gasteiger partial charge in [0.2, 0.25) is 11.9 Å². The van der Waals surface area contributed by atoms with Gasteiger partial charge in [0.25, 0.3) is 0 Å². The van der Waals surface area contributed by atoms with Crippen molar-refractivity contribution in [2.75, 3.05) is 5.32 Å². The minimum atomic E-state index is 0.100. The summed E-state index contributed by atoms with van der Waals surface area (Å²) in [6.45, 7) is 1.83. The molecule has 0 radical (unpaired) electrons. The van der Waals surface area contributed by atoms with E-state index in [4.69, 9.17) is 0 Å². The largest absolute Gasteiger partial charge is 0.293 e. The van der Waals surface area contributed by atoms with Crippen LogP contribution in [-0.2, 0) is 4.79 Å². The highest BCUT2D eigenvalue weighted by molar-refractivity contribution is 5.90. The summed E-state index contributed by atoms with van der Waals surface area (Å²) in [5.41, 5.74) is 0. The second-order valence-corrected chi connectivity index (χ2v) is 6.05. The zero-order valence-corrected chi connectivity index (χ0v) is 11.5. The number of amides is 1. The van der Waals surface area contributed by atoms with E-state index >= 15 is 0 Å². The van der Waals surface area contributed by atoms with Crippen molar-refractivity contribution in [2.24, 2.45) is 17.8 Å². The number of H-pyrrole nitrogens is 1. The standard InChI is InChI=1S/C14H22N4O/c1-9-15-14(18-17-9)16-13(19)12-7-6-10-4-2-3-5-11(10)8-12/h10-12H,2-8H2,1H3,(H2,15,16,17,18,19). The van der Waals surface area contributed by atoms with Gasteiger partial charge < -0.3 is 0 Å². The molecule has 2 aliphatic carbocycles. The van der Waals surface area contributed by atoms with Crippen molar-refractivity contribution in [3.05, 3.63) is 5.82 Å². The van der Waals surface area contributed by atoms with E-state index in [1.807, 2.05) is 6.92 Å². The number of carbonyl (C=O) groups is 1. The lowest BCUT2D eigenvalue weighted by Crippen LogP contribution is -2.34. The Morgan fingerprint density at radius 2 is 2.00 bits per heavy atom. The highest BCUT2D eigenvalue weighted by Gasteiger charge is 2.35. The summed E-state index contributed by atoms with van der Waals surface area (Å²) < 4.78 is 0. The van der Waals surface area contributed by atoms with Crippen LogP contribution in [0.4, 0.5) is 5.95 Å². The molecular formula is C14H22N4O. The lowest BCUT2D eigenvalue weighted by Gasteiger charge is -2.38. The Bertz CT molecular complexity index is 456. The first-order valence-electron chi connectivity index (χ1n) is 7.42. The first-order chi connectivity index (χ1) is 9.22. The molecule has 0 saturated heterocycles. The van der Waals surface area contributed by atoms with Crippen LogP contribution in [0.2, 0.25) is 0 Å². The molecule has 1 amide bonds. The van der Waals surface area contributed by atoms with Gasteiger partial charge in [-0.25, -0.2) is 0 Å². The van der Waals surface area contributed by atoms with Crippen molar-refractivity contribution in [3.8, 4) is 0 Å². The molecule has 1 aromatic heterocycles. The number of hydrogen-bond acceptors (Lipinski definition) is 3. The fourth-order valence-electron chi connectivity index (χ4n) is 3.72. The number of fused-ring (bicyclic) bond motifs is 1. The molecule has 2 saturated carbocycles. The molecule has 3 rings (SSSR count). The first kappa shape index (κ1) is 12.6. The molecule has 0 aromatic carbocycles. The van der Waals surface area contributed by atoms with Crippen LogP contribution in [0.15, 0.2) is 0 Å². The predicted octanol–water partition coefficient (Wildman–Crippen LogP) is 2.66. The van der Waals surface area contributed by atoms with Crippen molar-refractivity contribution in [2.45, 2.75) is 51.9 Å². The van der Waals surface area contributed by atoms with Crippen LogP contribution in [0, 0.1) is 24.7 Å². The maximum atomic E-state index is 12.2. The number of nitrogens with zero attached hydrogens (tertiary/aromatic N) is 2. The van der Waals surface area contributed by atoms with Gasteiger partial charge in [0, 0.05) is 5.92 Å². The summed E-state index contributed by atoms with van der Waals surface area (Å²) in [5, 5.41) is 9.55. The van der Waals surface area contributed by atoms with Crippen LogP contribution in [0.1, 0.15) is 50.8 Å². The molecule has 0 spiro atoms. The van der Waals surface area contributed by atoms with Crippen LogP contribution in [0.25, 0.3) is 0 Å². The molecule has 1 heterocycles. The highest BCUT2D eigenvalue weighted by atomic mass is 16.2. The number of nitrogens with one attached hydrogen (secondary N) is 2. The number of anilines is 1. The van der Waals surface area contributed by atoms with Crippen molar-refractivity contribution in [3.63, 3.8) is 0 Å². The third-order valence-corrected chi connectivity index (χ3v) is 4.74. The normalized spacial score (nSPS) is 30.7. The lowest BCUT2D eigenvalue weighted by molar-refractivity contribution is -0.122. The summed E-state index contributed by atoms with van der Waals surface area (Å²) in [4.78, 5) is 16.4. The van der Waals surface area contributed by atoms with Gasteiger partial charge >= 0.3 is 0 Å². The Balaban J connectivity index is 1.58. The Morgan fingerprint density at radius 3 is 2.74 bits per heavy atom. The second-order valence-electron chi connectivity index (χ2n) is 6.05. The summed E-state index contributed by atoms with van der Waals surface area (Å²) in [7, 11) is 0. The lowest BCUT2D eigenvalue weighted by atomic mass is 9.67. The maximum Gasteiger partial charge on any atom is 0.248 e. The van der Waals surface area contributed by atoms with E-state index in [2.05, 4.69) is 20.5 Å². The van der Waals surface area contributed by atoms with E-state index in [1.165, 1.54) is 32.1 Å². The number of hydrogen-bond donors (Lipinski definition) is 2. The van der Waals surface area contributed by atoms with E-state index in [-0.39, 0.29) is 11.8 Å². The highest BCUT2D eigenvalue weighted by Crippen LogP contribution is 2.42. The molecule has 0 bridgehead atoms. The molecule has 104 valence electrons. The van der Waals surface area contributed by atoms with E-state index in [0.717, 1.165) is 30.5 Å². The van der Waals surface area contributed by atoms with E-state index < -0.39 is 0 Å². The fourth-order valence-corrected chi connectivity index (χ4v) is 3.72. The molecule has 5 nitrogen and oxygen atoms in total. The molecular weight excluding hydrogens is 240 g/mol. The van der Waals surface area contributed by atoms with Gasteiger partial charge in [-0.05, 0) is 38.0 Å². The number of carbonyl (C=O) groups excluding carboxylic acids is 1. The van der Waals surface area contributed by atoms with Crippen molar-refractivity contribution >= 4 is 11.9 Å². The molecule has 19 heavy (non-hydrogen) atoms. The number of aromatic nitrogens is 3. The summed E-state index contributed by atoms with van der Waals surface area (Å²) >= 11 is 0. The van der Waals surface area contributed by atoms with Crippen LogP contribution < -0.4 is 5.32 Å². The average molecular weight is 262 g/mol. The molecule has 5 heteroatoms. The van der Waals surface area contributed by atoms with Crippen molar-refractivity contribution in [1.29, 1.82) is 0 Å². The third-order valence-electron chi connectivity index (χ3n) is 4.74. The van der Waals surface area contributed by atoms with Crippen LogP contribution in [0.3, 0.4) is 0 Å². The van der Waals surface area contributed by atoms with Crippen LogP contribution >= 0.6 is 0 Å². The molecule has 2 fully saturated rings. The monoisotopic (exact) mass is 262 g/mol. The van der Waals surface area contributed by atoms with Crippen molar-refractivity contribution in [1.82, 2.24) is 15.2 Å². The van der Waals surface area contributed by atoms with Gasteiger partial charge in [0.1, 0.15) is 5.82 Å². The molecule has 2 aliphatic rings.